The van der Waals surface area contributed by atoms with Crippen LogP contribution in [0.3, 0.4) is 0 Å². The van der Waals surface area contributed by atoms with Crippen LogP contribution in [0.25, 0.3) is 0 Å². The Labute approximate surface area is 74.2 Å². The maximum Gasteiger partial charge on any atom is 0.316 e. The van der Waals surface area contributed by atoms with Gasteiger partial charge in [0.2, 0.25) is 0 Å². The summed E-state index contributed by atoms with van der Waals surface area (Å²) < 4.78 is 4.66. The molecular formula is C7H11BrO3. The van der Waals surface area contributed by atoms with Crippen LogP contribution in [-0.2, 0) is 14.3 Å². The second-order valence-corrected chi connectivity index (χ2v) is 2.56. The molecule has 0 radical (unpaired) electrons. The van der Waals surface area contributed by atoms with Gasteiger partial charge in [0.15, 0.2) is 0 Å². The van der Waals surface area contributed by atoms with Gasteiger partial charge in [-0.15, -0.1) is 0 Å². The summed E-state index contributed by atoms with van der Waals surface area (Å²) in [5.41, 5.74) is 0. The molecular weight excluding hydrogens is 212 g/mol. The highest BCUT2D eigenvalue weighted by Crippen LogP contribution is 1.91. The normalized spacial score (nSPS) is 9.27. The Hall–Kier alpha value is -0.380. The molecule has 0 bridgehead atoms. The van der Waals surface area contributed by atoms with Gasteiger partial charge in [-0.1, -0.05) is 22.9 Å². The van der Waals surface area contributed by atoms with Crippen molar-refractivity contribution < 1.29 is 14.3 Å². The van der Waals surface area contributed by atoms with Crippen molar-refractivity contribution in [2.24, 2.45) is 0 Å². The molecule has 0 fully saturated rings. The molecule has 4 heteroatoms. The number of hydrogen-bond acceptors (Lipinski definition) is 3. The molecule has 11 heavy (non-hydrogen) atoms. The minimum atomic E-state index is -0.325. The Morgan fingerprint density at radius 1 is 1.45 bits per heavy atom. The van der Waals surface area contributed by atoms with Crippen molar-refractivity contribution in [2.45, 2.75) is 19.8 Å². The predicted molar refractivity (Wildman–Crippen MR) is 44.7 cm³/mol. The molecule has 0 aromatic heterocycles. The van der Waals surface area contributed by atoms with Crippen molar-refractivity contribution in [3.05, 3.63) is 0 Å². The van der Waals surface area contributed by atoms with Crippen molar-refractivity contribution in [3.63, 3.8) is 0 Å². The van der Waals surface area contributed by atoms with E-state index in [2.05, 4.69) is 20.7 Å². The van der Waals surface area contributed by atoms with Gasteiger partial charge in [-0.3, -0.25) is 9.59 Å². The molecule has 0 heterocycles. The summed E-state index contributed by atoms with van der Waals surface area (Å²) in [5.74, 6) is -0.207. The fourth-order valence-electron chi connectivity index (χ4n) is 0.494. The van der Waals surface area contributed by atoms with Crippen LogP contribution >= 0.6 is 15.9 Å². The molecule has 0 rings (SSSR count). The van der Waals surface area contributed by atoms with E-state index in [1.807, 2.05) is 0 Å². The van der Waals surface area contributed by atoms with Crippen LogP contribution in [0, 0.1) is 0 Å². The summed E-state index contributed by atoms with van der Waals surface area (Å²) in [7, 11) is 0. The van der Waals surface area contributed by atoms with E-state index in [1.54, 1.807) is 6.92 Å². The van der Waals surface area contributed by atoms with Crippen LogP contribution in [0.15, 0.2) is 0 Å². The number of carbonyl (C=O) groups excluding carboxylic acids is 2. The van der Waals surface area contributed by atoms with Gasteiger partial charge in [-0.2, -0.15) is 0 Å². The standard InChI is InChI=1S/C7H11BrO3/c1-2-6(9)3-4-11-7(10)5-8/h2-5H2,1H3. The number of alkyl halides is 1. The number of ketones is 1. The molecule has 0 spiro atoms. The van der Waals surface area contributed by atoms with Gasteiger partial charge in [0.25, 0.3) is 0 Å². The minimum absolute atomic E-state index is 0.118. The average molecular weight is 223 g/mol. The van der Waals surface area contributed by atoms with Crippen molar-refractivity contribution in [2.75, 3.05) is 11.9 Å². The van der Waals surface area contributed by atoms with Crippen LogP contribution in [0.5, 0.6) is 0 Å². The Balaban J connectivity index is 3.27. The lowest BCUT2D eigenvalue weighted by atomic mass is 10.2. The molecule has 64 valence electrons. The maximum atomic E-state index is 10.7. The third kappa shape index (κ3) is 6.04. The van der Waals surface area contributed by atoms with Crippen LogP contribution in [0.2, 0.25) is 0 Å². The third-order valence-electron chi connectivity index (χ3n) is 1.15. The summed E-state index contributed by atoms with van der Waals surface area (Å²) >= 11 is 2.94. The van der Waals surface area contributed by atoms with E-state index >= 15 is 0 Å². The summed E-state index contributed by atoms with van der Waals surface area (Å²) in [6.45, 7) is 1.99. The highest BCUT2D eigenvalue weighted by atomic mass is 79.9. The van der Waals surface area contributed by atoms with Crippen LogP contribution in [0.4, 0.5) is 0 Å². The maximum absolute atomic E-state index is 10.7. The molecule has 0 aliphatic heterocycles. The number of rotatable bonds is 5. The third-order valence-corrected chi connectivity index (χ3v) is 1.61. The van der Waals surface area contributed by atoms with Crippen molar-refractivity contribution in [1.29, 1.82) is 0 Å². The van der Waals surface area contributed by atoms with Gasteiger partial charge in [-0.05, 0) is 0 Å². The number of esters is 1. The predicted octanol–water partition coefficient (Wildman–Crippen LogP) is 1.29. The van der Waals surface area contributed by atoms with Gasteiger partial charge < -0.3 is 4.74 Å². The minimum Gasteiger partial charge on any atom is -0.465 e. The number of hydrogen-bond donors (Lipinski definition) is 0. The van der Waals surface area contributed by atoms with Gasteiger partial charge in [-0.25, -0.2) is 0 Å². The van der Waals surface area contributed by atoms with Crippen molar-refractivity contribution in [3.8, 4) is 0 Å². The second-order valence-electron chi connectivity index (χ2n) is 2.00. The summed E-state index contributed by atoms with van der Waals surface area (Å²) in [4.78, 5) is 21.2. The Morgan fingerprint density at radius 2 is 2.09 bits per heavy atom. The number of ether oxygens (including phenoxy) is 1. The zero-order valence-electron chi connectivity index (χ0n) is 6.43. The van der Waals surface area contributed by atoms with E-state index in [0.29, 0.717) is 12.8 Å². The van der Waals surface area contributed by atoms with E-state index in [-0.39, 0.29) is 23.7 Å². The van der Waals surface area contributed by atoms with Crippen molar-refractivity contribution >= 4 is 27.7 Å². The van der Waals surface area contributed by atoms with Gasteiger partial charge in [0.1, 0.15) is 11.1 Å². The molecule has 0 aliphatic carbocycles. The number of halogens is 1. The lowest BCUT2D eigenvalue weighted by Gasteiger charge is -1.99. The van der Waals surface area contributed by atoms with Crippen LogP contribution in [0.1, 0.15) is 19.8 Å². The van der Waals surface area contributed by atoms with Gasteiger partial charge >= 0.3 is 5.97 Å². The zero-order valence-corrected chi connectivity index (χ0v) is 8.02. The molecule has 0 aromatic rings. The van der Waals surface area contributed by atoms with E-state index < -0.39 is 0 Å². The summed E-state index contributed by atoms with van der Waals surface area (Å²) in [5, 5.41) is 0.188. The molecule has 0 unspecified atom stereocenters. The van der Waals surface area contributed by atoms with Crippen molar-refractivity contribution in [1.82, 2.24) is 0 Å². The lowest BCUT2D eigenvalue weighted by Crippen LogP contribution is -2.09. The van der Waals surface area contributed by atoms with Gasteiger partial charge in [0.05, 0.1) is 6.61 Å². The fourth-order valence-corrected chi connectivity index (χ4v) is 0.656. The molecule has 0 aliphatic rings. The topological polar surface area (TPSA) is 43.4 Å². The van der Waals surface area contributed by atoms with E-state index in [4.69, 9.17) is 0 Å². The molecule has 0 aromatic carbocycles. The molecule has 0 N–H and O–H groups in total. The smallest absolute Gasteiger partial charge is 0.316 e. The molecule has 0 saturated heterocycles. The first-order valence-electron chi connectivity index (χ1n) is 3.44. The van der Waals surface area contributed by atoms with E-state index in [9.17, 15) is 9.59 Å². The summed E-state index contributed by atoms with van der Waals surface area (Å²) in [6.07, 6.45) is 0.834. The highest BCUT2D eigenvalue weighted by Gasteiger charge is 2.01. The Morgan fingerprint density at radius 3 is 2.55 bits per heavy atom. The zero-order chi connectivity index (χ0) is 8.69. The largest absolute Gasteiger partial charge is 0.465 e. The summed E-state index contributed by atoms with van der Waals surface area (Å²) in [6, 6.07) is 0. The first-order valence-corrected chi connectivity index (χ1v) is 4.56. The van der Waals surface area contributed by atoms with Crippen LogP contribution < -0.4 is 0 Å². The SMILES string of the molecule is CCC(=O)CCOC(=O)CBr. The lowest BCUT2D eigenvalue weighted by molar-refractivity contribution is -0.140. The number of carbonyl (C=O) groups is 2. The first-order chi connectivity index (χ1) is 5.20. The monoisotopic (exact) mass is 222 g/mol. The highest BCUT2D eigenvalue weighted by molar-refractivity contribution is 9.09. The van der Waals surface area contributed by atoms with E-state index in [1.165, 1.54) is 0 Å². The number of Topliss-reactive ketones (excluding diaryl/α,β-unsaturated/α-hetero) is 1. The fraction of sp³-hybridized carbons (Fsp3) is 0.714. The molecule has 3 nitrogen and oxygen atoms in total. The Bertz CT molecular complexity index is 129. The van der Waals surface area contributed by atoms with Gasteiger partial charge in [0, 0.05) is 12.8 Å². The molecule has 0 saturated carbocycles. The van der Waals surface area contributed by atoms with E-state index in [0.717, 1.165) is 0 Å². The second kappa shape index (κ2) is 6.34. The molecule has 0 atom stereocenters. The average Bonchev–Trinajstić information content (AvgIpc) is 2.04. The Kier molecular flexibility index (Phi) is 6.12. The quantitative estimate of drug-likeness (QED) is 0.521. The van der Waals surface area contributed by atoms with Crippen LogP contribution in [-0.4, -0.2) is 23.7 Å². The molecule has 0 amide bonds. The first kappa shape index (κ1) is 10.6.